The lowest BCUT2D eigenvalue weighted by atomic mass is 10.1. The Labute approximate surface area is 201 Å². The van der Waals surface area contributed by atoms with E-state index < -0.39 is 28.5 Å². The summed E-state index contributed by atoms with van der Waals surface area (Å²) < 4.78 is 71.9. The Kier molecular flexibility index (Phi) is 6.46. The molecule has 3 aromatic carbocycles. The van der Waals surface area contributed by atoms with Crippen molar-refractivity contribution in [2.75, 3.05) is 7.05 Å². The number of amidine groups is 1. The average molecular weight is 516 g/mol. The summed E-state index contributed by atoms with van der Waals surface area (Å²) in [5.41, 5.74) is 2.38. The second kappa shape index (κ2) is 9.05. The van der Waals surface area contributed by atoms with E-state index in [1.54, 1.807) is 31.3 Å². The first-order valence-electron chi connectivity index (χ1n) is 9.81. The number of rotatable bonds is 5. The smallest absolute Gasteiger partial charge is 0.416 e. The fraction of sp³-hybridized carbons (Fsp3) is 0.174. The molecule has 0 saturated carbocycles. The SMILES string of the molecule is CN1NC(Cl)(c2c(F)cccc2Cl)N=C1c1ccc(OCc2ccc(C(F)(F)F)cc2F)cc1. The summed E-state index contributed by atoms with van der Waals surface area (Å²) in [4.78, 5) is 4.42. The van der Waals surface area contributed by atoms with Gasteiger partial charge < -0.3 is 4.74 Å². The molecular formula is C23H16Cl2F5N3O. The highest BCUT2D eigenvalue weighted by molar-refractivity contribution is 6.33. The summed E-state index contributed by atoms with van der Waals surface area (Å²) in [7, 11) is 1.65. The maximum absolute atomic E-state index is 14.4. The highest BCUT2D eigenvalue weighted by Gasteiger charge is 2.41. The van der Waals surface area contributed by atoms with Gasteiger partial charge in [-0.3, -0.25) is 5.01 Å². The van der Waals surface area contributed by atoms with Crippen LogP contribution in [-0.4, -0.2) is 17.9 Å². The minimum absolute atomic E-state index is 0.0151. The van der Waals surface area contributed by atoms with Crippen molar-refractivity contribution in [3.05, 3.63) is 99.6 Å². The molecule has 0 radical (unpaired) electrons. The van der Waals surface area contributed by atoms with Crippen molar-refractivity contribution in [2.45, 2.75) is 17.9 Å². The monoisotopic (exact) mass is 515 g/mol. The number of alkyl halides is 4. The van der Waals surface area contributed by atoms with Crippen LogP contribution >= 0.6 is 23.2 Å². The van der Waals surface area contributed by atoms with Crippen molar-refractivity contribution in [3.63, 3.8) is 0 Å². The van der Waals surface area contributed by atoms with Gasteiger partial charge in [0.15, 0.2) is 0 Å². The number of aliphatic imine (C=N–C) groups is 1. The lowest BCUT2D eigenvalue weighted by Gasteiger charge is -2.23. The van der Waals surface area contributed by atoms with Gasteiger partial charge in [-0.15, -0.1) is 0 Å². The molecule has 3 aromatic rings. The van der Waals surface area contributed by atoms with Crippen LogP contribution in [0.4, 0.5) is 22.0 Å². The van der Waals surface area contributed by atoms with Gasteiger partial charge in [0.2, 0.25) is 5.12 Å². The molecule has 1 aliphatic heterocycles. The van der Waals surface area contributed by atoms with Crippen LogP contribution in [0.5, 0.6) is 5.75 Å². The fourth-order valence-corrected chi connectivity index (χ4v) is 4.15. The number of benzene rings is 3. The summed E-state index contributed by atoms with van der Waals surface area (Å²) in [5, 5.41) is -0.0227. The molecule has 0 spiro atoms. The maximum atomic E-state index is 14.4. The molecule has 0 fully saturated rings. The third-order valence-electron chi connectivity index (χ3n) is 5.07. The van der Waals surface area contributed by atoms with Crippen molar-refractivity contribution in [1.29, 1.82) is 0 Å². The first-order chi connectivity index (χ1) is 16.0. The van der Waals surface area contributed by atoms with E-state index in [-0.39, 0.29) is 22.8 Å². The molecule has 0 bridgehead atoms. The standard InChI is InChI=1S/C23H16Cl2F5N3O/c1-33-21(31-22(25,32-33)20-17(24)3-2-4-18(20)26)13-6-9-16(10-7-13)34-12-14-5-8-15(11-19(14)27)23(28,29)30/h2-11,32H,12H2,1H3. The number of nitrogens with one attached hydrogen (secondary N) is 1. The van der Waals surface area contributed by atoms with Crippen LogP contribution in [0.15, 0.2) is 65.7 Å². The highest BCUT2D eigenvalue weighted by atomic mass is 35.5. The van der Waals surface area contributed by atoms with Crippen LogP contribution in [0.3, 0.4) is 0 Å². The molecule has 0 saturated heterocycles. The summed E-state index contributed by atoms with van der Waals surface area (Å²) in [6.07, 6.45) is -4.63. The van der Waals surface area contributed by atoms with Crippen LogP contribution in [0.25, 0.3) is 0 Å². The van der Waals surface area contributed by atoms with Crippen molar-refractivity contribution >= 4 is 29.0 Å². The molecule has 1 N–H and O–H groups in total. The predicted molar refractivity (Wildman–Crippen MR) is 119 cm³/mol. The number of nitrogens with zero attached hydrogens (tertiary/aromatic N) is 2. The Hall–Kier alpha value is -2.88. The van der Waals surface area contributed by atoms with Crippen LogP contribution in [0, 0.1) is 11.6 Å². The van der Waals surface area contributed by atoms with Gasteiger partial charge in [0.05, 0.1) is 16.1 Å². The zero-order valence-corrected chi connectivity index (χ0v) is 18.9. The molecule has 0 amide bonds. The molecular weight excluding hydrogens is 500 g/mol. The van der Waals surface area contributed by atoms with Gasteiger partial charge in [-0.05, 0) is 48.5 Å². The lowest BCUT2D eigenvalue weighted by Crippen LogP contribution is -2.42. The van der Waals surface area contributed by atoms with Gasteiger partial charge in [0.25, 0.3) is 0 Å². The van der Waals surface area contributed by atoms with Gasteiger partial charge in [0, 0.05) is 18.2 Å². The molecule has 4 nitrogen and oxygen atoms in total. The van der Waals surface area contributed by atoms with Gasteiger partial charge in [-0.1, -0.05) is 35.3 Å². The Bertz CT molecular complexity index is 1230. The summed E-state index contributed by atoms with van der Waals surface area (Å²) in [6.45, 7) is -0.262. The van der Waals surface area contributed by atoms with Crippen LogP contribution in [0.2, 0.25) is 5.02 Å². The molecule has 1 heterocycles. The second-order valence-corrected chi connectivity index (χ2v) is 8.40. The Balaban J connectivity index is 1.50. The first kappa shape index (κ1) is 24.3. The van der Waals surface area contributed by atoms with E-state index >= 15 is 0 Å². The van der Waals surface area contributed by atoms with Crippen LogP contribution < -0.4 is 10.2 Å². The number of halogens is 7. The molecule has 1 aliphatic rings. The highest BCUT2D eigenvalue weighted by Crippen LogP contribution is 2.39. The summed E-state index contributed by atoms with van der Waals surface area (Å²) in [5.74, 6) is -0.876. The number of hydrogen-bond acceptors (Lipinski definition) is 4. The largest absolute Gasteiger partial charge is 0.489 e. The van der Waals surface area contributed by atoms with Gasteiger partial charge >= 0.3 is 6.18 Å². The summed E-state index contributed by atoms with van der Waals surface area (Å²) in [6, 6.07) is 12.9. The lowest BCUT2D eigenvalue weighted by molar-refractivity contribution is -0.137. The van der Waals surface area contributed by atoms with Gasteiger partial charge in [-0.25, -0.2) is 13.8 Å². The second-order valence-electron chi connectivity index (χ2n) is 7.44. The number of ether oxygens (including phenoxy) is 1. The molecule has 178 valence electrons. The van der Waals surface area contributed by atoms with E-state index in [4.69, 9.17) is 27.9 Å². The van der Waals surface area contributed by atoms with E-state index in [2.05, 4.69) is 10.4 Å². The summed E-state index contributed by atoms with van der Waals surface area (Å²) >= 11 is 12.7. The molecule has 0 aliphatic carbocycles. The van der Waals surface area contributed by atoms with Crippen molar-refractivity contribution < 1.29 is 26.7 Å². The zero-order chi connectivity index (χ0) is 24.7. The predicted octanol–water partition coefficient (Wildman–Crippen LogP) is 6.46. The molecule has 4 rings (SSSR count). The van der Waals surface area contributed by atoms with E-state index in [0.717, 1.165) is 12.1 Å². The minimum Gasteiger partial charge on any atom is -0.489 e. The molecule has 34 heavy (non-hydrogen) atoms. The molecule has 11 heteroatoms. The van der Waals surface area contributed by atoms with E-state index in [1.165, 1.54) is 23.2 Å². The Morgan fingerprint density at radius 1 is 1.03 bits per heavy atom. The quantitative estimate of drug-likeness (QED) is 0.240. The first-order valence-corrected chi connectivity index (χ1v) is 10.6. The van der Waals surface area contributed by atoms with E-state index in [9.17, 15) is 22.0 Å². The molecule has 1 atom stereocenters. The fourth-order valence-electron chi connectivity index (χ4n) is 3.41. The topological polar surface area (TPSA) is 36.9 Å². The van der Waals surface area contributed by atoms with Crippen molar-refractivity contribution in [1.82, 2.24) is 10.4 Å². The molecule has 0 aromatic heterocycles. The third kappa shape index (κ3) is 4.82. The normalized spacial score (nSPS) is 18.2. The van der Waals surface area contributed by atoms with Crippen molar-refractivity contribution in [3.8, 4) is 5.75 Å². The zero-order valence-electron chi connectivity index (χ0n) is 17.4. The average Bonchev–Trinajstić information content (AvgIpc) is 3.07. The molecule has 1 unspecified atom stereocenters. The Morgan fingerprint density at radius 2 is 1.74 bits per heavy atom. The van der Waals surface area contributed by atoms with Crippen molar-refractivity contribution in [2.24, 2.45) is 4.99 Å². The number of hydrazine groups is 1. The Morgan fingerprint density at radius 3 is 2.35 bits per heavy atom. The van der Waals surface area contributed by atoms with Gasteiger partial charge in [-0.2, -0.15) is 18.6 Å². The maximum Gasteiger partial charge on any atom is 0.416 e. The van der Waals surface area contributed by atoms with Crippen LogP contribution in [0.1, 0.15) is 22.3 Å². The van der Waals surface area contributed by atoms with Crippen LogP contribution in [-0.2, 0) is 17.9 Å². The van der Waals surface area contributed by atoms with E-state index in [0.29, 0.717) is 23.2 Å². The third-order valence-corrected chi connectivity index (χ3v) is 5.75. The number of hydrogen-bond donors (Lipinski definition) is 1. The minimum atomic E-state index is -4.63. The van der Waals surface area contributed by atoms with E-state index in [1.807, 2.05) is 0 Å². The van der Waals surface area contributed by atoms with Gasteiger partial charge in [0.1, 0.15) is 29.8 Å².